The molecular weight excluding hydrogens is 266 g/mol. The number of hydrogen-bond donors (Lipinski definition) is 0. The molecule has 1 aliphatic heterocycles. The molecule has 1 saturated heterocycles. The van der Waals surface area contributed by atoms with Crippen LogP contribution in [-0.2, 0) is 4.79 Å². The normalized spacial score (nSPS) is 16.4. The summed E-state index contributed by atoms with van der Waals surface area (Å²) in [6.07, 6.45) is 6.24. The number of aromatic nitrogens is 2. The Morgan fingerprint density at radius 2 is 2.26 bits per heavy atom. The van der Waals surface area contributed by atoms with Crippen molar-refractivity contribution >= 4 is 17.5 Å². The van der Waals surface area contributed by atoms with Crippen LogP contribution in [0.4, 0.5) is 0 Å². The van der Waals surface area contributed by atoms with Crippen LogP contribution in [0.25, 0.3) is 0 Å². The Kier molecular flexibility index (Phi) is 5.39. The summed E-state index contributed by atoms with van der Waals surface area (Å²) in [7, 11) is 0. The molecule has 19 heavy (non-hydrogen) atoms. The molecule has 1 aromatic heterocycles. The maximum atomic E-state index is 11.8. The van der Waals surface area contributed by atoms with Crippen LogP contribution in [0.15, 0.2) is 18.6 Å². The van der Waals surface area contributed by atoms with E-state index in [2.05, 4.69) is 9.97 Å². The largest absolute Gasteiger partial charge is 0.474 e. The van der Waals surface area contributed by atoms with Gasteiger partial charge in [0.25, 0.3) is 0 Å². The second kappa shape index (κ2) is 7.28. The van der Waals surface area contributed by atoms with E-state index >= 15 is 0 Å². The van der Waals surface area contributed by atoms with Gasteiger partial charge in [0.2, 0.25) is 11.8 Å². The number of carbonyl (C=O) groups is 1. The van der Waals surface area contributed by atoms with Gasteiger partial charge in [-0.2, -0.15) is 0 Å². The molecule has 0 saturated carbocycles. The molecule has 0 atom stereocenters. The van der Waals surface area contributed by atoms with E-state index in [0.29, 0.717) is 18.2 Å². The van der Waals surface area contributed by atoms with Gasteiger partial charge in [0, 0.05) is 50.5 Å². The lowest BCUT2D eigenvalue weighted by Gasteiger charge is -2.32. The van der Waals surface area contributed by atoms with Gasteiger partial charge in [0.15, 0.2) is 0 Å². The Bertz CT molecular complexity index is 394. The van der Waals surface area contributed by atoms with Gasteiger partial charge in [-0.1, -0.05) is 0 Å². The van der Waals surface area contributed by atoms with Crippen molar-refractivity contribution in [3.05, 3.63) is 18.6 Å². The first-order chi connectivity index (χ1) is 9.29. The van der Waals surface area contributed by atoms with E-state index < -0.39 is 0 Å². The van der Waals surface area contributed by atoms with Crippen LogP contribution >= 0.6 is 11.6 Å². The summed E-state index contributed by atoms with van der Waals surface area (Å²) >= 11 is 5.60. The number of carbonyl (C=O) groups excluding carboxylic acids is 1. The lowest BCUT2D eigenvalue weighted by molar-refractivity contribution is -0.133. The minimum absolute atomic E-state index is 0.131. The topological polar surface area (TPSA) is 55.3 Å². The summed E-state index contributed by atoms with van der Waals surface area (Å²) in [5, 5.41) is 0. The van der Waals surface area contributed by atoms with Gasteiger partial charge in [0.1, 0.15) is 12.4 Å². The van der Waals surface area contributed by atoms with Gasteiger partial charge < -0.3 is 9.64 Å². The minimum Gasteiger partial charge on any atom is -0.474 e. The molecule has 1 aliphatic rings. The molecule has 6 heteroatoms. The van der Waals surface area contributed by atoms with E-state index in [-0.39, 0.29) is 12.0 Å². The van der Waals surface area contributed by atoms with E-state index in [1.54, 1.807) is 12.3 Å². The fourth-order valence-corrected chi connectivity index (χ4v) is 2.25. The van der Waals surface area contributed by atoms with Gasteiger partial charge in [-0.05, 0) is 6.42 Å². The summed E-state index contributed by atoms with van der Waals surface area (Å²) in [6, 6.07) is 1.75. The first kappa shape index (κ1) is 14.1. The quantitative estimate of drug-likeness (QED) is 0.774. The minimum atomic E-state index is 0.131. The van der Waals surface area contributed by atoms with Crippen molar-refractivity contribution in [1.29, 1.82) is 0 Å². The number of nitrogens with zero attached hydrogens (tertiary/aromatic N) is 3. The molecule has 0 unspecified atom stereocenters. The molecule has 2 rings (SSSR count). The van der Waals surface area contributed by atoms with Crippen molar-refractivity contribution in [3.8, 4) is 5.88 Å². The molecule has 0 bridgehead atoms. The van der Waals surface area contributed by atoms with Crippen LogP contribution in [0.5, 0.6) is 5.88 Å². The third-order valence-electron chi connectivity index (χ3n) is 3.16. The molecule has 0 aromatic carbocycles. The number of alkyl halides is 1. The van der Waals surface area contributed by atoms with Crippen molar-refractivity contribution in [2.24, 2.45) is 0 Å². The van der Waals surface area contributed by atoms with Crippen LogP contribution in [-0.4, -0.2) is 45.8 Å². The highest BCUT2D eigenvalue weighted by Crippen LogP contribution is 2.17. The van der Waals surface area contributed by atoms with Crippen molar-refractivity contribution in [2.75, 3.05) is 19.0 Å². The number of ether oxygens (including phenoxy) is 1. The molecule has 2 heterocycles. The average molecular weight is 284 g/mol. The number of piperidine rings is 1. The fourth-order valence-electron chi connectivity index (χ4n) is 2.12. The van der Waals surface area contributed by atoms with Crippen LogP contribution < -0.4 is 4.74 Å². The van der Waals surface area contributed by atoms with Gasteiger partial charge in [-0.3, -0.25) is 4.79 Å². The lowest BCUT2D eigenvalue weighted by Crippen LogP contribution is -2.41. The molecular formula is C13H18ClN3O2. The van der Waals surface area contributed by atoms with Gasteiger partial charge in [0.05, 0.1) is 0 Å². The van der Waals surface area contributed by atoms with E-state index in [1.807, 2.05) is 4.90 Å². The SMILES string of the molecule is O=C(CCCCl)N1CCC(Oc2ccncn2)CC1. The molecule has 0 spiro atoms. The van der Waals surface area contributed by atoms with Gasteiger partial charge in [-0.15, -0.1) is 11.6 Å². The second-order valence-corrected chi connectivity index (χ2v) is 4.92. The molecule has 1 fully saturated rings. The van der Waals surface area contributed by atoms with Gasteiger partial charge >= 0.3 is 0 Å². The Morgan fingerprint density at radius 3 is 2.89 bits per heavy atom. The number of rotatable bonds is 5. The first-order valence-corrected chi connectivity index (χ1v) is 7.09. The Morgan fingerprint density at radius 1 is 1.47 bits per heavy atom. The summed E-state index contributed by atoms with van der Waals surface area (Å²) in [5.41, 5.74) is 0. The Labute approximate surface area is 117 Å². The van der Waals surface area contributed by atoms with Crippen molar-refractivity contribution in [2.45, 2.75) is 31.8 Å². The molecule has 1 amide bonds. The summed E-state index contributed by atoms with van der Waals surface area (Å²) < 4.78 is 5.75. The predicted octanol–water partition coefficient (Wildman–Crippen LogP) is 1.87. The van der Waals surface area contributed by atoms with Crippen molar-refractivity contribution in [3.63, 3.8) is 0 Å². The predicted molar refractivity (Wildman–Crippen MR) is 72.2 cm³/mol. The second-order valence-electron chi connectivity index (χ2n) is 4.54. The molecule has 104 valence electrons. The van der Waals surface area contributed by atoms with Crippen molar-refractivity contribution in [1.82, 2.24) is 14.9 Å². The summed E-state index contributed by atoms with van der Waals surface area (Å²) in [4.78, 5) is 21.6. The maximum Gasteiger partial charge on any atom is 0.222 e. The monoisotopic (exact) mass is 283 g/mol. The van der Waals surface area contributed by atoms with E-state index in [1.165, 1.54) is 6.33 Å². The zero-order chi connectivity index (χ0) is 13.5. The van der Waals surface area contributed by atoms with Crippen LogP contribution in [0.1, 0.15) is 25.7 Å². The first-order valence-electron chi connectivity index (χ1n) is 6.56. The standard InChI is InChI=1S/C13H18ClN3O2/c14-6-1-2-13(18)17-8-4-11(5-9-17)19-12-3-7-15-10-16-12/h3,7,10-11H,1-2,4-6,8-9H2. The van der Waals surface area contributed by atoms with E-state index in [0.717, 1.165) is 32.4 Å². The van der Waals surface area contributed by atoms with Gasteiger partial charge in [-0.25, -0.2) is 9.97 Å². The number of likely N-dealkylation sites (tertiary alicyclic amines) is 1. The highest BCUT2D eigenvalue weighted by molar-refractivity contribution is 6.17. The number of hydrogen-bond acceptors (Lipinski definition) is 4. The summed E-state index contributed by atoms with van der Waals surface area (Å²) in [6.45, 7) is 1.49. The van der Waals surface area contributed by atoms with Crippen LogP contribution in [0.2, 0.25) is 0 Å². The Balaban J connectivity index is 1.75. The number of halogens is 1. The molecule has 0 radical (unpaired) electrons. The highest BCUT2D eigenvalue weighted by atomic mass is 35.5. The highest BCUT2D eigenvalue weighted by Gasteiger charge is 2.23. The fraction of sp³-hybridized carbons (Fsp3) is 0.615. The van der Waals surface area contributed by atoms with Crippen LogP contribution in [0.3, 0.4) is 0 Å². The Hall–Kier alpha value is -1.36. The lowest BCUT2D eigenvalue weighted by atomic mass is 10.1. The zero-order valence-electron chi connectivity index (χ0n) is 10.8. The average Bonchev–Trinajstić information content (AvgIpc) is 2.46. The third-order valence-corrected chi connectivity index (χ3v) is 3.43. The maximum absolute atomic E-state index is 11.8. The smallest absolute Gasteiger partial charge is 0.222 e. The molecule has 0 aliphatic carbocycles. The molecule has 0 N–H and O–H groups in total. The van der Waals surface area contributed by atoms with Crippen LogP contribution in [0, 0.1) is 0 Å². The van der Waals surface area contributed by atoms with E-state index in [9.17, 15) is 4.79 Å². The summed E-state index contributed by atoms with van der Waals surface area (Å²) in [5.74, 6) is 1.34. The zero-order valence-corrected chi connectivity index (χ0v) is 11.6. The third kappa shape index (κ3) is 4.35. The molecule has 1 aromatic rings. The van der Waals surface area contributed by atoms with E-state index in [4.69, 9.17) is 16.3 Å². The van der Waals surface area contributed by atoms with Crippen molar-refractivity contribution < 1.29 is 9.53 Å². The molecule has 5 nitrogen and oxygen atoms in total. The number of amides is 1.